The molecule has 1 amide bonds. The van der Waals surface area contributed by atoms with E-state index in [1.807, 2.05) is 11.9 Å². The normalized spacial score (nSPS) is 10.3. The van der Waals surface area contributed by atoms with Gasteiger partial charge in [0.2, 0.25) is 5.91 Å². The topological polar surface area (TPSA) is 32.3 Å². The smallest absolute Gasteiger partial charge is 0.223 e. The van der Waals surface area contributed by atoms with Crippen LogP contribution in [0.15, 0.2) is 0 Å². The van der Waals surface area contributed by atoms with E-state index in [4.69, 9.17) is 0 Å². The fraction of sp³-hybridized carbons (Fsp3) is 0.917. The highest BCUT2D eigenvalue weighted by Crippen LogP contribution is 1.95. The summed E-state index contributed by atoms with van der Waals surface area (Å²) >= 11 is 0. The lowest BCUT2D eigenvalue weighted by Gasteiger charge is -2.16. The van der Waals surface area contributed by atoms with Gasteiger partial charge in [-0.15, -0.1) is 0 Å². The van der Waals surface area contributed by atoms with Crippen molar-refractivity contribution < 1.29 is 4.79 Å². The third-order valence-electron chi connectivity index (χ3n) is 2.50. The second-order valence-electron chi connectivity index (χ2n) is 4.02. The highest BCUT2D eigenvalue weighted by atomic mass is 16.2. The molecule has 0 saturated carbocycles. The molecule has 0 saturated heterocycles. The molecule has 1 N–H and O–H groups in total. The van der Waals surface area contributed by atoms with E-state index in [0.717, 1.165) is 32.5 Å². The Kier molecular flexibility index (Phi) is 9.59. The molecule has 0 atom stereocenters. The van der Waals surface area contributed by atoms with E-state index in [-0.39, 0.29) is 5.91 Å². The summed E-state index contributed by atoms with van der Waals surface area (Å²) in [7, 11) is 1.89. The Morgan fingerprint density at radius 1 is 1.13 bits per heavy atom. The van der Waals surface area contributed by atoms with Gasteiger partial charge in [0, 0.05) is 26.6 Å². The zero-order chi connectivity index (χ0) is 11.5. The molecule has 0 aromatic rings. The Labute approximate surface area is 94.2 Å². The zero-order valence-electron chi connectivity index (χ0n) is 10.5. The molecule has 0 fully saturated rings. The molecule has 0 spiro atoms. The fourth-order valence-electron chi connectivity index (χ4n) is 1.33. The van der Waals surface area contributed by atoms with Crippen LogP contribution < -0.4 is 5.32 Å². The van der Waals surface area contributed by atoms with Crippen molar-refractivity contribution in [2.24, 2.45) is 0 Å². The second kappa shape index (κ2) is 9.97. The van der Waals surface area contributed by atoms with Crippen LogP contribution in [-0.2, 0) is 4.79 Å². The summed E-state index contributed by atoms with van der Waals surface area (Å²) in [5.74, 6) is 0.257. The molecule has 0 aliphatic heterocycles. The maximum absolute atomic E-state index is 11.6. The molecular formula is C12H26N2O. The minimum Gasteiger partial charge on any atom is -0.346 e. The lowest BCUT2D eigenvalue weighted by Crippen LogP contribution is -2.30. The summed E-state index contributed by atoms with van der Waals surface area (Å²) < 4.78 is 0. The molecule has 90 valence electrons. The molecule has 0 unspecified atom stereocenters. The first-order chi connectivity index (χ1) is 7.22. The summed E-state index contributed by atoms with van der Waals surface area (Å²) in [6, 6.07) is 0. The van der Waals surface area contributed by atoms with Crippen molar-refractivity contribution in [3.63, 3.8) is 0 Å². The third-order valence-corrected chi connectivity index (χ3v) is 2.50. The van der Waals surface area contributed by atoms with Crippen LogP contribution in [0.2, 0.25) is 0 Å². The minimum atomic E-state index is 0.257. The summed E-state index contributed by atoms with van der Waals surface area (Å²) in [4.78, 5) is 13.4. The van der Waals surface area contributed by atoms with E-state index in [2.05, 4.69) is 19.2 Å². The molecule has 0 aromatic heterocycles. The van der Waals surface area contributed by atoms with Gasteiger partial charge in [0.05, 0.1) is 0 Å². The first-order valence-electron chi connectivity index (χ1n) is 6.17. The van der Waals surface area contributed by atoms with Crippen LogP contribution in [0, 0.1) is 0 Å². The predicted octanol–water partition coefficient (Wildman–Crippen LogP) is 2.02. The molecule has 0 aliphatic rings. The number of nitrogens with one attached hydrogen (secondary N) is 1. The van der Waals surface area contributed by atoms with E-state index in [0.29, 0.717) is 6.42 Å². The monoisotopic (exact) mass is 214 g/mol. The van der Waals surface area contributed by atoms with Gasteiger partial charge >= 0.3 is 0 Å². The number of hydrogen-bond donors (Lipinski definition) is 1. The quantitative estimate of drug-likeness (QED) is 0.596. The van der Waals surface area contributed by atoms with Crippen LogP contribution in [-0.4, -0.2) is 37.5 Å². The predicted molar refractivity (Wildman–Crippen MR) is 64.9 cm³/mol. The molecule has 0 heterocycles. The SMILES string of the molecule is CCCCNCCC(=O)N(C)CCCC. The van der Waals surface area contributed by atoms with Gasteiger partial charge < -0.3 is 10.2 Å². The number of carbonyl (C=O) groups excluding carboxylic acids is 1. The average Bonchev–Trinajstić information content (AvgIpc) is 2.25. The van der Waals surface area contributed by atoms with Crippen LogP contribution in [0.5, 0.6) is 0 Å². The number of carbonyl (C=O) groups is 1. The summed E-state index contributed by atoms with van der Waals surface area (Å²) in [6.07, 6.45) is 5.28. The minimum absolute atomic E-state index is 0.257. The van der Waals surface area contributed by atoms with Crippen molar-refractivity contribution >= 4 is 5.91 Å². The van der Waals surface area contributed by atoms with E-state index in [1.165, 1.54) is 12.8 Å². The number of amides is 1. The Bertz CT molecular complexity index is 160. The molecule has 3 heteroatoms. The van der Waals surface area contributed by atoms with E-state index in [9.17, 15) is 4.79 Å². The van der Waals surface area contributed by atoms with Crippen molar-refractivity contribution in [1.82, 2.24) is 10.2 Å². The van der Waals surface area contributed by atoms with Gasteiger partial charge in [-0.1, -0.05) is 26.7 Å². The molecule has 3 nitrogen and oxygen atoms in total. The van der Waals surface area contributed by atoms with Crippen LogP contribution in [0.25, 0.3) is 0 Å². The van der Waals surface area contributed by atoms with E-state index < -0.39 is 0 Å². The Morgan fingerprint density at radius 2 is 1.80 bits per heavy atom. The van der Waals surface area contributed by atoms with Crippen molar-refractivity contribution in [1.29, 1.82) is 0 Å². The molecule has 0 aliphatic carbocycles. The van der Waals surface area contributed by atoms with Gasteiger partial charge in [-0.2, -0.15) is 0 Å². The number of unbranched alkanes of at least 4 members (excludes halogenated alkanes) is 2. The van der Waals surface area contributed by atoms with Crippen molar-refractivity contribution in [3.05, 3.63) is 0 Å². The first kappa shape index (κ1) is 14.4. The van der Waals surface area contributed by atoms with Gasteiger partial charge in [-0.05, 0) is 19.4 Å². The molecule has 0 bridgehead atoms. The summed E-state index contributed by atoms with van der Waals surface area (Å²) in [5, 5.41) is 3.28. The zero-order valence-corrected chi connectivity index (χ0v) is 10.5. The Balaban J connectivity index is 3.38. The maximum atomic E-state index is 11.6. The standard InChI is InChI=1S/C12H26N2O/c1-4-6-9-13-10-8-12(15)14(3)11-7-5-2/h13H,4-11H2,1-3H3. The second-order valence-corrected chi connectivity index (χ2v) is 4.02. The number of rotatable bonds is 9. The lowest BCUT2D eigenvalue weighted by molar-refractivity contribution is -0.129. The van der Waals surface area contributed by atoms with Gasteiger partial charge in [-0.3, -0.25) is 4.79 Å². The summed E-state index contributed by atoms with van der Waals surface area (Å²) in [5.41, 5.74) is 0. The first-order valence-corrected chi connectivity index (χ1v) is 6.17. The van der Waals surface area contributed by atoms with Crippen LogP contribution >= 0.6 is 0 Å². The van der Waals surface area contributed by atoms with Crippen molar-refractivity contribution in [3.8, 4) is 0 Å². The highest BCUT2D eigenvalue weighted by Gasteiger charge is 2.06. The van der Waals surface area contributed by atoms with E-state index >= 15 is 0 Å². The molecule has 0 radical (unpaired) electrons. The third kappa shape index (κ3) is 8.43. The molecule has 15 heavy (non-hydrogen) atoms. The molecule has 0 rings (SSSR count). The lowest BCUT2D eigenvalue weighted by atomic mass is 10.3. The Morgan fingerprint density at radius 3 is 2.40 bits per heavy atom. The van der Waals surface area contributed by atoms with Crippen molar-refractivity contribution in [2.75, 3.05) is 26.7 Å². The average molecular weight is 214 g/mol. The number of nitrogens with zero attached hydrogens (tertiary/aromatic N) is 1. The highest BCUT2D eigenvalue weighted by molar-refractivity contribution is 5.75. The largest absolute Gasteiger partial charge is 0.346 e. The van der Waals surface area contributed by atoms with Crippen molar-refractivity contribution in [2.45, 2.75) is 46.0 Å². The fourth-order valence-corrected chi connectivity index (χ4v) is 1.33. The molecular weight excluding hydrogens is 188 g/mol. The Hall–Kier alpha value is -0.570. The summed E-state index contributed by atoms with van der Waals surface area (Å²) in [6.45, 7) is 7.05. The van der Waals surface area contributed by atoms with Gasteiger partial charge in [0.25, 0.3) is 0 Å². The van der Waals surface area contributed by atoms with Gasteiger partial charge in [0.15, 0.2) is 0 Å². The van der Waals surface area contributed by atoms with Crippen LogP contribution in [0.1, 0.15) is 46.0 Å². The van der Waals surface area contributed by atoms with Crippen LogP contribution in [0.3, 0.4) is 0 Å². The van der Waals surface area contributed by atoms with Crippen LogP contribution in [0.4, 0.5) is 0 Å². The maximum Gasteiger partial charge on any atom is 0.223 e. The van der Waals surface area contributed by atoms with E-state index in [1.54, 1.807) is 0 Å². The number of hydrogen-bond acceptors (Lipinski definition) is 2. The molecule has 0 aromatic carbocycles. The van der Waals surface area contributed by atoms with Gasteiger partial charge in [-0.25, -0.2) is 0 Å². The van der Waals surface area contributed by atoms with Gasteiger partial charge in [0.1, 0.15) is 0 Å².